The first-order valence-electron chi connectivity index (χ1n) is 7.99. The van der Waals surface area contributed by atoms with Crippen molar-refractivity contribution in [1.29, 1.82) is 0 Å². The average molecular weight is 287 g/mol. The Morgan fingerprint density at radius 1 is 1.19 bits per heavy atom. The van der Waals surface area contributed by atoms with Crippen LogP contribution in [-0.2, 0) is 6.42 Å². The second-order valence-electron chi connectivity index (χ2n) is 6.33. The molecule has 2 saturated heterocycles. The molecular formula is C17H25N3O. The summed E-state index contributed by atoms with van der Waals surface area (Å²) in [6.45, 7) is 2.40. The molecule has 0 aliphatic carbocycles. The number of carbonyl (C=O) groups excluding carboxylic acids is 1. The van der Waals surface area contributed by atoms with Crippen molar-refractivity contribution >= 4 is 5.91 Å². The molecule has 0 saturated carbocycles. The number of likely N-dealkylation sites (N-methyl/N-ethyl adjacent to an activating group) is 1. The normalized spacial score (nSPS) is 25.9. The van der Waals surface area contributed by atoms with Crippen LogP contribution in [0, 0.1) is 0 Å². The van der Waals surface area contributed by atoms with Gasteiger partial charge in [-0.3, -0.25) is 9.69 Å². The van der Waals surface area contributed by atoms with Crippen LogP contribution in [-0.4, -0.2) is 54.5 Å². The molecule has 0 spiro atoms. The number of fused-ring (bicyclic) bond motifs is 2. The van der Waals surface area contributed by atoms with Crippen LogP contribution in [0.5, 0.6) is 0 Å². The topological polar surface area (TPSA) is 49.6 Å². The first kappa shape index (κ1) is 14.5. The van der Waals surface area contributed by atoms with Gasteiger partial charge in [-0.25, -0.2) is 0 Å². The quantitative estimate of drug-likeness (QED) is 0.916. The van der Waals surface area contributed by atoms with E-state index in [1.807, 2.05) is 29.2 Å². The highest BCUT2D eigenvalue weighted by atomic mass is 16.2. The van der Waals surface area contributed by atoms with Crippen LogP contribution in [0.15, 0.2) is 24.3 Å². The van der Waals surface area contributed by atoms with Crippen molar-refractivity contribution in [2.24, 2.45) is 5.73 Å². The van der Waals surface area contributed by atoms with Crippen LogP contribution >= 0.6 is 0 Å². The van der Waals surface area contributed by atoms with E-state index in [-0.39, 0.29) is 5.91 Å². The summed E-state index contributed by atoms with van der Waals surface area (Å²) in [5, 5.41) is 0. The van der Waals surface area contributed by atoms with Gasteiger partial charge in [0.2, 0.25) is 0 Å². The zero-order valence-electron chi connectivity index (χ0n) is 12.8. The van der Waals surface area contributed by atoms with E-state index in [9.17, 15) is 4.79 Å². The third-order valence-electron chi connectivity index (χ3n) is 5.07. The van der Waals surface area contributed by atoms with Crippen LogP contribution in [0.2, 0.25) is 0 Å². The standard InChI is InChI=1S/C17H25N3O/c1-19-15-6-7-16(19)12-20(11-9-15)17(21)14-4-2-13(3-5-14)8-10-18/h2-5,15-16H,6-12,18H2,1H3. The van der Waals surface area contributed by atoms with E-state index in [0.717, 1.165) is 31.5 Å². The first-order chi connectivity index (χ1) is 10.2. The minimum atomic E-state index is 0.176. The molecule has 2 atom stereocenters. The second-order valence-corrected chi connectivity index (χ2v) is 6.33. The third kappa shape index (κ3) is 2.97. The summed E-state index contributed by atoms with van der Waals surface area (Å²) in [4.78, 5) is 17.2. The van der Waals surface area contributed by atoms with E-state index in [4.69, 9.17) is 5.73 Å². The monoisotopic (exact) mass is 287 g/mol. The minimum absolute atomic E-state index is 0.176. The highest BCUT2D eigenvalue weighted by Gasteiger charge is 2.36. The van der Waals surface area contributed by atoms with Crippen molar-refractivity contribution in [1.82, 2.24) is 9.80 Å². The Morgan fingerprint density at radius 3 is 2.62 bits per heavy atom. The van der Waals surface area contributed by atoms with Crippen molar-refractivity contribution < 1.29 is 4.79 Å². The molecule has 1 aromatic rings. The minimum Gasteiger partial charge on any atom is -0.337 e. The van der Waals surface area contributed by atoms with E-state index in [2.05, 4.69) is 11.9 Å². The molecule has 0 radical (unpaired) electrons. The fourth-order valence-corrected chi connectivity index (χ4v) is 3.66. The van der Waals surface area contributed by atoms with Crippen LogP contribution in [0.25, 0.3) is 0 Å². The van der Waals surface area contributed by atoms with E-state index >= 15 is 0 Å². The molecule has 3 rings (SSSR count). The number of amides is 1. The number of nitrogens with two attached hydrogens (primary N) is 1. The zero-order chi connectivity index (χ0) is 14.8. The van der Waals surface area contributed by atoms with E-state index in [1.165, 1.54) is 18.4 Å². The molecule has 21 heavy (non-hydrogen) atoms. The van der Waals surface area contributed by atoms with Crippen molar-refractivity contribution in [3.63, 3.8) is 0 Å². The van der Waals surface area contributed by atoms with Gasteiger partial charge in [-0.15, -0.1) is 0 Å². The number of hydrogen-bond acceptors (Lipinski definition) is 3. The Morgan fingerprint density at radius 2 is 1.90 bits per heavy atom. The fraction of sp³-hybridized carbons (Fsp3) is 0.588. The summed E-state index contributed by atoms with van der Waals surface area (Å²) >= 11 is 0. The molecular weight excluding hydrogens is 262 g/mol. The Hall–Kier alpha value is -1.39. The Bertz CT molecular complexity index is 499. The van der Waals surface area contributed by atoms with Crippen LogP contribution in [0.4, 0.5) is 0 Å². The van der Waals surface area contributed by atoms with Crippen molar-refractivity contribution in [2.45, 2.75) is 37.8 Å². The molecule has 1 aromatic carbocycles. The van der Waals surface area contributed by atoms with Crippen molar-refractivity contribution in [2.75, 3.05) is 26.7 Å². The second kappa shape index (κ2) is 6.16. The number of hydrogen-bond donors (Lipinski definition) is 1. The van der Waals surface area contributed by atoms with Crippen molar-refractivity contribution in [3.8, 4) is 0 Å². The Labute approximate surface area is 126 Å². The number of benzene rings is 1. The maximum Gasteiger partial charge on any atom is 0.253 e. The largest absolute Gasteiger partial charge is 0.337 e. The third-order valence-corrected chi connectivity index (χ3v) is 5.07. The van der Waals surface area contributed by atoms with Crippen LogP contribution in [0.3, 0.4) is 0 Å². The zero-order valence-corrected chi connectivity index (χ0v) is 12.8. The lowest BCUT2D eigenvalue weighted by Gasteiger charge is -2.26. The van der Waals surface area contributed by atoms with Gasteiger partial charge in [-0.2, -0.15) is 0 Å². The number of carbonyl (C=O) groups is 1. The molecule has 2 fully saturated rings. The number of rotatable bonds is 3. The van der Waals surface area contributed by atoms with E-state index in [0.29, 0.717) is 18.6 Å². The van der Waals surface area contributed by atoms with Gasteiger partial charge in [0.1, 0.15) is 0 Å². The Kier molecular flexibility index (Phi) is 4.27. The molecule has 4 nitrogen and oxygen atoms in total. The summed E-state index contributed by atoms with van der Waals surface area (Å²) in [6.07, 6.45) is 4.48. The van der Waals surface area contributed by atoms with Crippen LogP contribution in [0.1, 0.15) is 35.2 Å². The summed E-state index contributed by atoms with van der Waals surface area (Å²) in [5.74, 6) is 0.176. The van der Waals surface area contributed by atoms with Gasteiger partial charge in [0.25, 0.3) is 5.91 Å². The van der Waals surface area contributed by atoms with Gasteiger partial charge in [0.05, 0.1) is 0 Å². The highest BCUT2D eigenvalue weighted by molar-refractivity contribution is 5.94. The summed E-state index contributed by atoms with van der Waals surface area (Å²) in [5.41, 5.74) is 7.56. The van der Waals surface area contributed by atoms with Gasteiger partial charge in [-0.1, -0.05) is 12.1 Å². The van der Waals surface area contributed by atoms with Gasteiger partial charge < -0.3 is 10.6 Å². The predicted molar refractivity (Wildman–Crippen MR) is 84.3 cm³/mol. The van der Waals surface area contributed by atoms with Crippen LogP contribution < -0.4 is 5.73 Å². The lowest BCUT2D eigenvalue weighted by Crippen LogP contribution is -2.39. The molecule has 0 aromatic heterocycles. The smallest absolute Gasteiger partial charge is 0.253 e. The van der Waals surface area contributed by atoms with Gasteiger partial charge in [0.15, 0.2) is 0 Å². The number of likely N-dealkylation sites (tertiary alicyclic amines) is 1. The molecule has 2 bridgehead atoms. The summed E-state index contributed by atoms with van der Waals surface area (Å²) in [7, 11) is 2.21. The summed E-state index contributed by atoms with van der Waals surface area (Å²) in [6, 6.07) is 9.14. The average Bonchev–Trinajstić information content (AvgIpc) is 2.73. The molecule has 1 amide bonds. The maximum absolute atomic E-state index is 12.7. The van der Waals surface area contributed by atoms with Crippen molar-refractivity contribution in [3.05, 3.63) is 35.4 Å². The molecule has 2 aliphatic rings. The maximum atomic E-state index is 12.7. The molecule has 2 heterocycles. The van der Waals surface area contributed by atoms with Gasteiger partial charge in [-0.05, 0) is 57.0 Å². The van der Waals surface area contributed by atoms with Gasteiger partial charge >= 0.3 is 0 Å². The molecule has 114 valence electrons. The number of nitrogens with zero attached hydrogens (tertiary/aromatic N) is 2. The van der Waals surface area contributed by atoms with Gasteiger partial charge in [0, 0.05) is 30.7 Å². The molecule has 2 unspecified atom stereocenters. The SMILES string of the molecule is CN1C2CCC1CN(C(=O)c1ccc(CCN)cc1)CC2. The molecule has 2 aliphatic heterocycles. The lowest BCUT2D eigenvalue weighted by molar-refractivity contribution is 0.0740. The lowest BCUT2D eigenvalue weighted by atomic mass is 10.1. The molecule has 2 N–H and O–H groups in total. The Balaban J connectivity index is 1.70. The predicted octanol–water partition coefficient (Wildman–Crippen LogP) is 1.50. The summed E-state index contributed by atoms with van der Waals surface area (Å²) < 4.78 is 0. The highest BCUT2D eigenvalue weighted by Crippen LogP contribution is 2.29. The molecule has 4 heteroatoms. The first-order valence-corrected chi connectivity index (χ1v) is 7.99. The van der Waals surface area contributed by atoms with E-state index < -0.39 is 0 Å². The van der Waals surface area contributed by atoms with E-state index in [1.54, 1.807) is 0 Å². The fourth-order valence-electron chi connectivity index (χ4n) is 3.66.